The minimum atomic E-state index is -0.264. The Balaban J connectivity index is 1.87. The molecule has 27 heavy (non-hydrogen) atoms. The van der Waals surface area contributed by atoms with E-state index >= 15 is 0 Å². The van der Waals surface area contributed by atoms with Crippen molar-refractivity contribution in [2.24, 2.45) is 5.92 Å². The van der Waals surface area contributed by atoms with Crippen LogP contribution in [0.3, 0.4) is 0 Å². The van der Waals surface area contributed by atoms with Gasteiger partial charge in [0.05, 0.1) is 19.2 Å². The van der Waals surface area contributed by atoms with Gasteiger partial charge in [0.2, 0.25) is 0 Å². The highest BCUT2D eigenvalue weighted by atomic mass is 32.1. The number of hydrogen-bond acceptors (Lipinski definition) is 5. The molecule has 3 rings (SSSR count). The number of terminal acetylenes is 1. The Hall–Kier alpha value is -1.94. The zero-order valence-electron chi connectivity index (χ0n) is 15.8. The van der Waals surface area contributed by atoms with Gasteiger partial charge in [0.1, 0.15) is 12.6 Å². The summed E-state index contributed by atoms with van der Waals surface area (Å²) in [5.74, 6) is 3.15. The number of hydrogen-bond donors (Lipinski definition) is 0. The van der Waals surface area contributed by atoms with E-state index < -0.39 is 0 Å². The lowest BCUT2D eigenvalue weighted by atomic mass is 9.98. The molecule has 1 fully saturated rings. The summed E-state index contributed by atoms with van der Waals surface area (Å²) < 4.78 is 24.8. The molecule has 4 nitrogen and oxygen atoms in total. The van der Waals surface area contributed by atoms with Crippen LogP contribution in [0.25, 0.3) is 0 Å². The molecule has 0 saturated heterocycles. The Morgan fingerprint density at radius 2 is 2.26 bits per heavy atom. The number of rotatable bonds is 10. The molecule has 0 amide bonds. The van der Waals surface area contributed by atoms with E-state index in [9.17, 15) is 4.39 Å². The lowest BCUT2D eigenvalue weighted by molar-refractivity contribution is -0.0398. The third-order valence-corrected chi connectivity index (χ3v) is 5.62. The number of ether oxygens (including phenoxy) is 2. The first-order chi connectivity index (χ1) is 13.1. The second-order valence-corrected chi connectivity index (χ2v) is 8.10. The monoisotopic (exact) mass is 388 g/mol. The van der Waals surface area contributed by atoms with E-state index in [0.717, 1.165) is 22.0 Å². The second-order valence-electron chi connectivity index (χ2n) is 6.89. The van der Waals surface area contributed by atoms with Crippen LogP contribution in [0, 0.1) is 31.0 Å². The van der Waals surface area contributed by atoms with Crippen molar-refractivity contribution in [2.75, 3.05) is 25.3 Å². The summed E-state index contributed by atoms with van der Waals surface area (Å²) in [5, 5.41) is 0.893. The quantitative estimate of drug-likeness (QED) is 0.336. The highest BCUT2D eigenvalue weighted by Gasteiger charge is 2.31. The number of aromatic nitrogens is 1. The van der Waals surface area contributed by atoms with E-state index in [1.807, 2.05) is 19.2 Å². The van der Waals surface area contributed by atoms with Crippen LogP contribution in [0.2, 0.25) is 0 Å². The summed E-state index contributed by atoms with van der Waals surface area (Å²) in [7, 11) is 1.54. The maximum absolute atomic E-state index is 14.7. The van der Waals surface area contributed by atoms with Crippen molar-refractivity contribution in [3.8, 4) is 12.3 Å². The summed E-state index contributed by atoms with van der Waals surface area (Å²) in [4.78, 5) is 7.78. The Labute approximate surface area is 164 Å². The first-order valence-corrected chi connectivity index (χ1v) is 9.91. The number of aryl methyl sites for hydroxylation is 1. The van der Waals surface area contributed by atoms with Gasteiger partial charge >= 0.3 is 0 Å². The number of benzene rings is 1. The fraction of sp³-hybridized carbons (Fsp3) is 0.476. The molecular weight excluding hydrogens is 363 g/mol. The van der Waals surface area contributed by atoms with Gasteiger partial charge in [-0.15, -0.1) is 17.8 Å². The SMILES string of the molecule is C#CCN(c1ncc(C)s1)C(CC1CC1)c1ccc(COCOC)c(F)c1. The third-order valence-electron chi connectivity index (χ3n) is 4.67. The summed E-state index contributed by atoms with van der Waals surface area (Å²) >= 11 is 1.62. The van der Waals surface area contributed by atoms with Gasteiger partial charge < -0.3 is 14.4 Å². The van der Waals surface area contributed by atoms with Gasteiger partial charge in [0.25, 0.3) is 0 Å². The number of anilines is 1. The molecule has 1 aromatic carbocycles. The number of nitrogens with zero attached hydrogens (tertiary/aromatic N) is 2. The van der Waals surface area contributed by atoms with Gasteiger partial charge in [-0.05, 0) is 30.9 Å². The smallest absolute Gasteiger partial charge is 0.186 e. The molecule has 0 bridgehead atoms. The number of thiazole rings is 1. The average Bonchev–Trinajstić information content (AvgIpc) is 3.38. The first kappa shape index (κ1) is 19.8. The average molecular weight is 389 g/mol. The highest BCUT2D eigenvalue weighted by molar-refractivity contribution is 7.15. The largest absolute Gasteiger partial charge is 0.359 e. The topological polar surface area (TPSA) is 34.6 Å². The molecule has 1 saturated carbocycles. The molecule has 0 spiro atoms. The third kappa shape index (κ3) is 5.29. The Bertz CT molecular complexity index is 798. The van der Waals surface area contributed by atoms with Crippen LogP contribution in [0.4, 0.5) is 9.52 Å². The standard InChI is InChI=1S/C21H25FN2O2S/c1-4-9-24(21-23-12-15(2)27-21)20(10-16-5-6-16)17-7-8-18(19(22)11-17)13-26-14-25-3/h1,7-8,11-12,16,20H,5-6,9-10,13-14H2,2-3H3. The van der Waals surface area contributed by atoms with Gasteiger partial charge in [-0.1, -0.05) is 30.9 Å². The molecule has 2 aromatic rings. The maximum atomic E-state index is 14.7. The second kappa shape index (κ2) is 9.32. The lowest BCUT2D eigenvalue weighted by Gasteiger charge is -2.31. The summed E-state index contributed by atoms with van der Waals surface area (Å²) in [6.45, 7) is 2.81. The van der Waals surface area contributed by atoms with Crippen molar-refractivity contribution in [2.45, 2.75) is 38.8 Å². The van der Waals surface area contributed by atoms with Gasteiger partial charge in [0.15, 0.2) is 5.13 Å². The normalized spacial score (nSPS) is 14.7. The predicted molar refractivity (Wildman–Crippen MR) is 106 cm³/mol. The molecule has 1 aliphatic carbocycles. The minimum Gasteiger partial charge on any atom is -0.359 e. The highest BCUT2D eigenvalue weighted by Crippen LogP contribution is 2.42. The molecule has 0 N–H and O–H groups in total. The van der Waals surface area contributed by atoms with Crippen molar-refractivity contribution in [3.05, 3.63) is 46.2 Å². The molecule has 6 heteroatoms. The van der Waals surface area contributed by atoms with Crippen LogP contribution in [0.1, 0.15) is 41.3 Å². The van der Waals surface area contributed by atoms with E-state index in [2.05, 4.69) is 15.8 Å². The molecule has 1 atom stereocenters. The molecule has 1 aliphatic rings. The van der Waals surface area contributed by atoms with Crippen LogP contribution in [-0.4, -0.2) is 25.4 Å². The zero-order valence-corrected chi connectivity index (χ0v) is 16.6. The summed E-state index contributed by atoms with van der Waals surface area (Å²) in [6.07, 6.45) is 10.9. The fourth-order valence-electron chi connectivity index (χ4n) is 3.12. The van der Waals surface area contributed by atoms with Gasteiger partial charge in [0, 0.05) is 23.7 Å². The summed E-state index contributed by atoms with van der Waals surface area (Å²) in [5.41, 5.74) is 1.45. The van der Waals surface area contributed by atoms with E-state index in [-0.39, 0.29) is 25.3 Å². The molecular formula is C21H25FN2O2S. The van der Waals surface area contributed by atoms with Crippen LogP contribution in [0.15, 0.2) is 24.4 Å². The molecule has 144 valence electrons. The van der Waals surface area contributed by atoms with Gasteiger partial charge in [-0.25, -0.2) is 9.37 Å². The molecule has 0 radical (unpaired) electrons. The Morgan fingerprint density at radius 3 is 2.85 bits per heavy atom. The van der Waals surface area contributed by atoms with Gasteiger partial charge in [-0.3, -0.25) is 0 Å². The number of methoxy groups -OCH3 is 1. The van der Waals surface area contributed by atoms with Gasteiger partial charge in [-0.2, -0.15) is 0 Å². The zero-order chi connectivity index (χ0) is 19.2. The number of halogens is 1. The predicted octanol–water partition coefficient (Wildman–Crippen LogP) is 4.69. The van der Waals surface area contributed by atoms with Crippen molar-refractivity contribution < 1.29 is 13.9 Å². The lowest BCUT2D eigenvalue weighted by Crippen LogP contribution is -2.29. The first-order valence-electron chi connectivity index (χ1n) is 9.10. The van der Waals surface area contributed by atoms with Crippen molar-refractivity contribution in [1.82, 2.24) is 4.98 Å². The van der Waals surface area contributed by atoms with E-state index in [4.69, 9.17) is 15.9 Å². The molecule has 1 heterocycles. The van der Waals surface area contributed by atoms with Crippen LogP contribution >= 0.6 is 11.3 Å². The van der Waals surface area contributed by atoms with E-state index in [0.29, 0.717) is 18.0 Å². The summed E-state index contributed by atoms with van der Waals surface area (Å²) in [6, 6.07) is 5.40. The molecule has 1 aromatic heterocycles. The Morgan fingerprint density at radius 1 is 1.44 bits per heavy atom. The van der Waals surface area contributed by atoms with E-state index in [1.54, 1.807) is 30.6 Å². The maximum Gasteiger partial charge on any atom is 0.186 e. The van der Waals surface area contributed by atoms with Crippen molar-refractivity contribution >= 4 is 16.5 Å². The van der Waals surface area contributed by atoms with Crippen LogP contribution in [0.5, 0.6) is 0 Å². The fourth-order valence-corrected chi connectivity index (χ4v) is 3.93. The van der Waals surface area contributed by atoms with Crippen molar-refractivity contribution in [3.63, 3.8) is 0 Å². The van der Waals surface area contributed by atoms with Crippen molar-refractivity contribution in [1.29, 1.82) is 0 Å². The minimum absolute atomic E-state index is 0.0162. The Kier molecular flexibility index (Phi) is 6.84. The molecule has 1 unspecified atom stereocenters. The van der Waals surface area contributed by atoms with E-state index in [1.165, 1.54) is 12.8 Å². The molecule has 0 aliphatic heterocycles. The van der Waals surface area contributed by atoms with Crippen LogP contribution in [-0.2, 0) is 16.1 Å². The van der Waals surface area contributed by atoms with Crippen LogP contribution < -0.4 is 4.90 Å².